The molecular weight excluding hydrogens is 546 g/mol. The molecule has 0 N–H and O–H groups in total. The van der Waals surface area contributed by atoms with Crippen LogP contribution < -0.4 is 0 Å². The Morgan fingerprint density at radius 1 is 0.289 bits per heavy atom. The summed E-state index contributed by atoms with van der Waals surface area (Å²) in [5.74, 6) is 0. The van der Waals surface area contributed by atoms with Gasteiger partial charge in [-0.2, -0.15) is 0 Å². The first-order valence-corrected chi connectivity index (χ1v) is 15.5. The Labute approximate surface area is 257 Å². The monoisotopic (exact) mass is 571 g/mol. The maximum atomic E-state index is 2.48. The van der Waals surface area contributed by atoms with E-state index in [0.29, 0.717) is 0 Å². The molecular formula is C42H25N3. The maximum Gasteiger partial charge on any atom is 0.0620 e. The fourth-order valence-corrected chi connectivity index (χ4v) is 8.21. The second kappa shape index (κ2) is 8.31. The number of para-hydroxylation sites is 5. The van der Waals surface area contributed by atoms with Crippen molar-refractivity contribution >= 4 is 81.7 Å². The molecule has 4 aromatic heterocycles. The molecule has 11 rings (SSSR count). The summed E-state index contributed by atoms with van der Waals surface area (Å²) in [4.78, 5) is 0. The molecule has 0 saturated carbocycles. The number of nitrogens with zero attached hydrogens (tertiary/aromatic N) is 3. The third-order valence-corrected chi connectivity index (χ3v) is 9.95. The number of aromatic nitrogens is 3. The Bertz CT molecular complexity index is 2970. The van der Waals surface area contributed by atoms with Gasteiger partial charge in [0.25, 0.3) is 0 Å². The molecule has 0 spiro atoms. The molecule has 0 saturated heterocycles. The van der Waals surface area contributed by atoms with Crippen LogP contribution in [0.25, 0.3) is 93.1 Å². The normalized spacial score (nSPS) is 12.4. The molecule has 11 aromatic rings. The van der Waals surface area contributed by atoms with E-state index in [1.54, 1.807) is 0 Å². The van der Waals surface area contributed by atoms with Crippen molar-refractivity contribution in [3.05, 3.63) is 152 Å². The average Bonchev–Trinajstić information content (AvgIpc) is 3.82. The van der Waals surface area contributed by atoms with Gasteiger partial charge < -0.3 is 13.5 Å². The van der Waals surface area contributed by atoms with Crippen molar-refractivity contribution in [1.82, 2.24) is 13.5 Å². The van der Waals surface area contributed by atoms with Crippen LogP contribution in [-0.2, 0) is 0 Å². The van der Waals surface area contributed by atoms with E-state index in [9.17, 15) is 0 Å². The Hall–Kier alpha value is -6.06. The van der Waals surface area contributed by atoms with Gasteiger partial charge in [0, 0.05) is 54.5 Å². The molecule has 0 aliphatic rings. The van der Waals surface area contributed by atoms with Crippen molar-refractivity contribution < 1.29 is 0 Å². The summed E-state index contributed by atoms with van der Waals surface area (Å²) < 4.78 is 7.32. The quantitative estimate of drug-likeness (QED) is 0.196. The fourth-order valence-electron chi connectivity index (χ4n) is 8.21. The number of hydrogen-bond donors (Lipinski definition) is 0. The van der Waals surface area contributed by atoms with E-state index in [4.69, 9.17) is 0 Å². The van der Waals surface area contributed by atoms with Gasteiger partial charge in [0.1, 0.15) is 0 Å². The van der Waals surface area contributed by atoms with Crippen molar-refractivity contribution in [1.29, 1.82) is 0 Å². The number of benzene rings is 7. The molecule has 3 heteroatoms. The minimum absolute atomic E-state index is 1.17. The predicted molar refractivity (Wildman–Crippen MR) is 190 cm³/mol. The molecule has 45 heavy (non-hydrogen) atoms. The lowest BCUT2D eigenvalue weighted by molar-refractivity contribution is 1.17. The van der Waals surface area contributed by atoms with Gasteiger partial charge in [0.05, 0.1) is 38.6 Å². The molecule has 4 heterocycles. The SMILES string of the molecule is c1ccc(-n2c3ccccc3c3cc(-n4c5ccccc5c5c6c7cccc8c9ccccc9n(c6ccc54)c87)ccc32)cc1. The first kappa shape index (κ1) is 23.4. The summed E-state index contributed by atoms with van der Waals surface area (Å²) in [7, 11) is 0. The lowest BCUT2D eigenvalue weighted by atomic mass is 10.0. The molecule has 0 amide bonds. The van der Waals surface area contributed by atoms with Crippen LogP contribution in [-0.4, -0.2) is 13.5 Å². The predicted octanol–water partition coefficient (Wildman–Crippen LogP) is 11.0. The van der Waals surface area contributed by atoms with Gasteiger partial charge in [0.2, 0.25) is 0 Å². The van der Waals surface area contributed by atoms with Crippen molar-refractivity contribution in [3.8, 4) is 11.4 Å². The number of fused-ring (bicyclic) bond motifs is 13. The Morgan fingerprint density at radius 2 is 0.822 bits per heavy atom. The van der Waals surface area contributed by atoms with Gasteiger partial charge in [-0.05, 0) is 60.7 Å². The van der Waals surface area contributed by atoms with E-state index in [1.807, 2.05) is 0 Å². The van der Waals surface area contributed by atoms with E-state index in [0.717, 1.165) is 0 Å². The molecule has 0 radical (unpaired) electrons. The summed E-state index contributed by atoms with van der Waals surface area (Å²) in [5.41, 5.74) is 11.1. The van der Waals surface area contributed by atoms with E-state index in [1.165, 1.54) is 93.1 Å². The van der Waals surface area contributed by atoms with Crippen LogP contribution in [0.3, 0.4) is 0 Å². The molecule has 208 valence electrons. The average molecular weight is 572 g/mol. The van der Waals surface area contributed by atoms with Gasteiger partial charge in [-0.15, -0.1) is 0 Å². The summed E-state index contributed by atoms with van der Waals surface area (Å²) in [6.45, 7) is 0. The van der Waals surface area contributed by atoms with Crippen LogP contribution in [0.1, 0.15) is 0 Å². The van der Waals surface area contributed by atoms with Crippen LogP contribution in [0.4, 0.5) is 0 Å². The summed E-state index contributed by atoms with van der Waals surface area (Å²) >= 11 is 0. The second-order valence-electron chi connectivity index (χ2n) is 12.2. The van der Waals surface area contributed by atoms with Crippen molar-refractivity contribution in [3.63, 3.8) is 0 Å². The largest absolute Gasteiger partial charge is 0.309 e. The first-order valence-electron chi connectivity index (χ1n) is 15.5. The zero-order valence-corrected chi connectivity index (χ0v) is 24.3. The lowest BCUT2D eigenvalue weighted by Crippen LogP contribution is -1.95. The molecule has 0 atom stereocenters. The topological polar surface area (TPSA) is 14.3 Å². The summed E-state index contributed by atoms with van der Waals surface area (Å²) in [5, 5.41) is 10.4. The van der Waals surface area contributed by atoms with Crippen LogP contribution in [0.2, 0.25) is 0 Å². The van der Waals surface area contributed by atoms with Crippen LogP contribution in [0.15, 0.2) is 152 Å². The standard InChI is InChI=1S/C42H25N3/c1-2-11-26(12-3-1)43-34-18-7-5-14-29(34)33-25-27(21-22-37(33)43)44-36-20-9-6-15-31(36)40-38(44)23-24-39-41(40)32-17-10-16-30-28-13-4-8-19-35(28)45(39)42(30)32/h1-25H. The van der Waals surface area contributed by atoms with Crippen LogP contribution >= 0.6 is 0 Å². The molecule has 0 bridgehead atoms. The molecule has 0 fully saturated rings. The highest BCUT2D eigenvalue weighted by atomic mass is 15.0. The second-order valence-corrected chi connectivity index (χ2v) is 12.2. The van der Waals surface area contributed by atoms with Gasteiger partial charge >= 0.3 is 0 Å². The Morgan fingerprint density at radius 3 is 1.64 bits per heavy atom. The zero-order chi connectivity index (χ0) is 29.2. The third kappa shape index (κ3) is 2.86. The highest BCUT2D eigenvalue weighted by molar-refractivity contribution is 6.33. The fraction of sp³-hybridized carbons (Fsp3) is 0. The van der Waals surface area contributed by atoms with E-state index in [-0.39, 0.29) is 0 Å². The van der Waals surface area contributed by atoms with Crippen molar-refractivity contribution in [2.45, 2.75) is 0 Å². The van der Waals surface area contributed by atoms with E-state index < -0.39 is 0 Å². The Balaban J connectivity index is 1.28. The van der Waals surface area contributed by atoms with Crippen LogP contribution in [0.5, 0.6) is 0 Å². The van der Waals surface area contributed by atoms with Gasteiger partial charge in [-0.25, -0.2) is 0 Å². The van der Waals surface area contributed by atoms with Gasteiger partial charge in [-0.1, -0.05) is 91.0 Å². The zero-order valence-electron chi connectivity index (χ0n) is 24.3. The highest BCUT2D eigenvalue weighted by Crippen LogP contribution is 2.45. The van der Waals surface area contributed by atoms with Crippen LogP contribution in [0, 0.1) is 0 Å². The minimum Gasteiger partial charge on any atom is -0.309 e. The highest BCUT2D eigenvalue weighted by Gasteiger charge is 2.22. The molecule has 3 nitrogen and oxygen atoms in total. The number of hydrogen-bond acceptors (Lipinski definition) is 0. The molecule has 0 unspecified atom stereocenters. The van der Waals surface area contributed by atoms with E-state index in [2.05, 4.69) is 165 Å². The molecule has 7 aromatic carbocycles. The van der Waals surface area contributed by atoms with E-state index >= 15 is 0 Å². The summed E-state index contributed by atoms with van der Waals surface area (Å²) in [6.07, 6.45) is 0. The number of rotatable bonds is 2. The van der Waals surface area contributed by atoms with Gasteiger partial charge in [-0.3, -0.25) is 0 Å². The molecule has 0 aliphatic heterocycles. The smallest absolute Gasteiger partial charge is 0.0620 e. The lowest BCUT2D eigenvalue weighted by Gasteiger charge is -2.10. The third-order valence-electron chi connectivity index (χ3n) is 9.95. The minimum atomic E-state index is 1.17. The first-order chi connectivity index (χ1) is 22.4. The summed E-state index contributed by atoms with van der Waals surface area (Å²) in [6, 6.07) is 55.6. The van der Waals surface area contributed by atoms with Crippen molar-refractivity contribution in [2.24, 2.45) is 0 Å². The maximum absolute atomic E-state index is 2.48. The Kier molecular flexibility index (Phi) is 4.32. The van der Waals surface area contributed by atoms with Crippen molar-refractivity contribution in [2.75, 3.05) is 0 Å². The molecule has 0 aliphatic carbocycles. The van der Waals surface area contributed by atoms with Gasteiger partial charge in [0.15, 0.2) is 0 Å².